The topological polar surface area (TPSA) is 30.7 Å². The molecule has 0 aliphatic carbocycles. The van der Waals surface area contributed by atoms with Crippen molar-refractivity contribution in [1.82, 2.24) is 15.0 Å². The van der Waals surface area contributed by atoms with Crippen LogP contribution in [0, 0.1) is 0 Å². The molecule has 0 bridgehead atoms. The van der Waals surface area contributed by atoms with Gasteiger partial charge >= 0.3 is 0 Å². The Labute approximate surface area is 122 Å². The molecule has 0 saturated heterocycles. The molecule has 0 saturated carbocycles. The van der Waals surface area contributed by atoms with Crippen LogP contribution in [0.2, 0.25) is 0 Å². The minimum atomic E-state index is 0.966. The van der Waals surface area contributed by atoms with Gasteiger partial charge in [0.25, 0.3) is 0 Å². The third kappa shape index (κ3) is 4.80. The molecule has 20 heavy (non-hydrogen) atoms. The third-order valence-electron chi connectivity index (χ3n) is 3.60. The fourth-order valence-electron chi connectivity index (χ4n) is 2.38. The molecule has 0 fully saturated rings. The predicted molar refractivity (Wildman–Crippen MR) is 83.5 cm³/mol. The van der Waals surface area contributed by atoms with Gasteiger partial charge in [-0.3, -0.25) is 4.68 Å². The molecule has 0 amide bonds. The highest BCUT2D eigenvalue weighted by Crippen LogP contribution is 2.15. The summed E-state index contributed by atoms with van der Waals surface area (Å²) in [5.41, 5.74) is 2.10. The molecule has 0 aliphatic heterocycles. The predicted octanol–water partition coefficient (Wildman–Crippen LogP) is 4.70. The van der Waals surface area contributed by atoms with Gasteiger partial charge < -0.3 is 0 Å². The minimum Gasteiger partial charge on any atom is -0.252 e. The molecule has 2 rings (SSSR count). The Morgan fingerprint density at radius 2 is 1.60 bits per heavy atom. The van der Waals surface area contributed by atoms with E-state index in [-0.39, 0.29) is 0 Å². The monoisotopic (exact) mass is 271 g/mol. The van der Waals surface area contributed by atoms with Crippen LogP contribution < -0.4 is 0 Å². The van der Waals surface area contributed by atoms with E-state index < -0.39 is 0 Å². The SMILES string of the molecule is CCCCCCCCCn1cc(-c2ccccc2)nn1. The maximum absolute atomic E-state index is 4.24. The number of hydrogen-bond acceptors (Lipinski definition) is 2. The van der Waals surface area contributed by atoms with Crippen LogP contribution in [0.3, 0.4) is 0 Å². The van der Waals surface area contributed by atoms with Gasteiger partial charge in [-0.15, -0.1) is 5.10 Å². The Hall–Kier alpha value is -1.64. The quantitative estimate of drug-likeness (QED) is 0.619. The smallest absolute Gasteiger partial charge is 0.113 e. The highest BCUT2D eigenvalue weighted by atomic mass is 15.4. The Morgan fingerprint density at radius 1 is 0.900 bits per heavy atom. The van der Waals surface area contributed by atoms with E-state index in [4.69, 9.17) is 0 Å². The number of benzene rings is 1. The van der Waals surface area contributed by atoms with E-state index in [1.165, 1.54) is 44.9 Å². The Balaban J connectivity index is 1.69. The van der Waals surface area contributed by atoms with Crippen molar-refractivity contribution in [2.75, 3.05) is 0 Å². The van der Waals surface area contributed by atoms with Crippen molar-refractivity contribution in [2.24, 2.45) is 0 Å². The number of nitrogens with zero attached hydrogens (tertiary/aromatic N) is 3. The van der Waals surface area contributed by atoms with Crippen LogP contribution in [0.1, 0.15) is 51.9 Å². The lowest BCUT2D eigenvalue weighted by atomic mass is 10.1. The summed E-state index contributed by atoms with van der Waals surface area (Å²) in [4.78, 5) is 0. The fraction of sp³-hybridized carbons (Fsp3) is 0.529. The molecule has 0 spiro atoms. The second kappa shape index (κ2) is 8.51. The zero-order valence-corrected chi connectivity index (χ0v) is 12.5. The maximum atomic E-state index is 4.24. The first-order valence-electron chi connectivity index (χ1n) is 7.85. The molecule has 0 atom stereocenters. The number of aryl methyl sites for hydroxylation is 1. The first-order valence-corrected chi connectivity index (χ1v) is 7.85. The molecule has 3 heteroatoms. The first kappa shape index (κ1) is 14.8. The lowest BCUT2D eigenvalue weighted by Crippen LogP contribution is -1.98. The number of unbranched alkanes of at least 4 members (excludes halogenated alkanes) is 6. The summed E-state index contributed by atoms with van der Waals surface area (Å²) >= 11 is 0. The lowest BCUT2D eigenvalue weighted by Gasteiger charge is -2.01. The number of hydrogen-bond donors (Lipinski definition) is 0. The van der Waals surface area contributed by atoms with Crippen molar-refractivity contribution >= 4 is 0 Å². The van der Waals surface area contributed by atoms with Crippen molar-refractivity contribution in [3.63, 3.8) is 0 Å². The van der Waals surface area contributed by atoms with Crippen LogP contribution in [-0.4, -0.2) is 15.0 Å². The van der Waals surface area contributed by atoms with Crippen molar-refractivity contribution in [1.29, 1.82) is 0 Å². The average molecular weight is 271 g/mol. The van der Waals surface area contributed by atoms with E-state index in [9.17, 15) is 0 Å². The molecule has 108 valence electrons. The fourth-order valence-corrected chi connectivity index (χ4v) is 2.38. The van der Waals surface area contributed by atoms with Crippen molar-refractivity contribution in [3.8, 4) is 11.3 Å². The van der Waals surface area contributed by atoms with Crippen molar-refractivity contribution < 1.29 is 0 Å². The van der Waals surface area contributed by atoms with Gasteiger partial charge in [-0.1, -0.05) is 81.0 Å². The molecular weight excluding hydrogens is 246 g/mol. The largest absolute Gasteiger partial charge is 0.252 e. The van der Waals surface area contributed by atoms with Crippen LogP contribution >= 0.6 is 0 Å². The molecule has 1 heterocycles. The zero-order chi connectivity index (χ0) is 14.0. The van der Waals surface area contributed by atoms with E-state index in [0.717, 1.165) is 17.8 Å². The van der Waals surface area contributed by atoms with Gasteiger partial charge in [-0.2, -0.15) is 0 Å². The standard InChI is InChI=1S/C17H25N3/c1-2-3-4-5-6-7-11-14-20-15-17(18-19-20)16-12-9-8-10-13-16/h8-10,12-13,15H,2-7,11,14H2,1H3. The molecule has 1 aromatic heterocycles. The van der Waals surface area contributed by atoms with Gasteiger partial charge in [-0.05, 0) is 6.42 Å². The summed E-state index contributed by atoms with van der Waals surface area (Å²) in [6, 6.07) is 10.2. The molecule has 0 aliphatic rings. The van der Waals surface area contributed by atoms with Crippen LogP contribution in [0.4, 0.5) is 0 Å². The minimum absolute atomic E-state index is 0.966. The summed E-state index contributed by atoms with van der Waals surface area (Å²) in [6.45, 7) is 3.24. The van der Waals surface area contributed by atoms with Crippen LogP contribution in [0.15, 0.2) is 36.5 Å². The Kier molecular flexibility index (Phi) is 6.28. The molecule has 3 nitrogen and oxygen atoms in total. The van der Waals surface area contributed by atoms with Gasteiger partial charge in [0.05, 0.1) is 6.20 Å². The second-order valence-electron chi connectivity index (χ2n) is 5.35. The maximum Gasteiger partial charge on any atom is 0.113 e. The summed E-state index contributed by atoms with van der Waals surface area (Å²) in [6.07, 6.45) is 11.4. The molecule has 0 N–H and O–H groups in total. The van der Waals surface area contributed by atoms with Crippen molar-refractivity contribution in [3.05, 3.63) is 36.5 Å². The molecule has 1 aromatic carbocycles. The summed E-state index contributed by atoms with van der Waals surface area (Å²) < 4.78 is 1.97. The molecule has 2 aromatic rings. The van der Waals surface area contributed by atoms with E-state index >= 15 is 0 Å². The van der Waals surface area contributed by atoms with Gasteiger partial charge in [-0.25, -0.2) is 0 Å². The van der Waals surface area contributed by atoms with Gasteiger partial charge in [0.1, 0.15) is 5.69 Å². The number of rotatable bonds is 9. The third-order valence-corrected chi connectivity index (χ3v) is 3.60. The van der Waals surface area contributed by atoms with Crippen molar-refractivity contribution in [2.45, 2.75) is 58.4 Å². The number of aromatic nitrogens is 3. The zero-order valence-electron chi connectivity index (χ0n) is 12.5. The van der Waals surface area contributed by atoms with E-state index in [0.29, 0.717) is 0 Å². The average Bonchev–Trinajstić information content (AvgIpc) is 2.96. The van der Waals surface area contributed by atoms with Crippen LogP contribution in [0.25, 0.3) is 11.3 Å². The van der Waals surface area contributed by atoms with Gasteiger partial charge in [0.15, 0.2) is 0 Å². The summed E-state index contributed by atoms with van der Waals surface area (Å²) in [5.74, 6) is 0. The first-order chi connectivity index (χ1) is 9.90. The molecule has 0 unspecified atom stereocenters. The van der Waals surface area contributed by atoms with Crippen LogP contribution in [-0.2, 0) is 6.54 Å². The highest BCUT2D eigenvalue weighted by molar-refractivity contribution is 5.56. The van der Waals surface area contributed by atoms with Crippen LogP contribution in [0.5, 0.6) is 0 Å². The molecule has 0 radical (unpaired) electrons. The van der Waals surface area contributed by atoms with E-state index in [1.807, 2.05) is 29.1 Å². The Bertz CT molecular complexity index is 476. The second-order valence-corrected chi connectivity index (χ2v) is 5.35. The van der Waals surface area contributed by atoms with Gasteiger partial charge in [0.2, 0.25) is 0 Å². The summed E-state index contributed by atoms with van der Waals surface area (Å²) in [7, 11) is 0. The highest BCUT2D eigenvalue weighted by Gasteiger charge is 2.02. The Morgan fingerprint density at radius 3 is 2.35 bits per heavy atom. The lowest BCUT2D eigenvalue weighted by molar-refractivity contribution is 0.513. The normalized spacial score (nSPS) is 10.8. The summed E-state index contributed by atoms with van der Waals surface area (Å²) in [5, 5.41) is 8.45. The van der Waals surface area contributed by atoms with E-state index in [1.54, 1.807) is 0 Å². The van der Waals surface area contributed by atoms with E-state index in [2.05, 4.69) is 29.4 Å². The molecular formula is C17H25N3. The van der Waals surface area contributed by atoms with Gasteiger partial charge in [0, 0.05) is 12.1 Å².